The Morgan fingerprint density at radius 1 is 1.27 bits per heavy atom. The number of allylic oxidation sites excluding steroid dienone is 1. The van der Waals surface area contributed by atoms with Crippen molar-refractivity contribution >= 4 is 5.57 Å². The molecule has 0 spiro atoms. The minimum atomic E-state index is -4.44. The van der Waals surface area contributed by atoms with E-state index in [2.05, 4.69) is 6.58 Å². The molecule has 1 aromatic rings. The van der Waals surface area contributed by atoms with Gasteiger partial charge in [0.05, 0.1) is 5.57 Å². The van der Waals surface area contributed by atoms with Gasteiger partial charge in [0.25, 0.3) is 0 Å². The molecule has 0 fully saturated rings. The lowest BCUT2D eigenvalue weighted by Crippen LogP contribution is -2.15. The molecule has 2 rings (SSSR count). The van der Waals surface area contributed by atoms with Crippen molar-refractivity contribution in [3.05, 3.63) is 30.3 Å². The lowest BCUT2D eigenvalue weighted by Gasteiger charge is -2.20. The quantitative estimate of drug-likeness (QED) is 0.718. The lowest BCUT2D eigenvalue weighted by molar-refractivity contribution is -0.0689. The number of benzene rings is 1. The molecule has 0 atom stereocenters. The summed E-state index contributed by atoms with van der Waals surface area (Å²) < 4.78 is 47.1. The summed E-state index contributed by atoms with van der Waals surface area (Å²) in [5, 5.41) is 0. The number of hydrogen-bond acceptors (Lipinski definition) is 2. The summed E-state index contributed by atoms with van der Waals surface area (Å²) in [5.41, 5.74) is -0.958. The van der Waals surface area contributed by atoms with Crippen molar-refractivity contribution in [1.29, 1.82) is 0 Å². The van der Waals surface area contributed by atoms with E-state index in [1.807, 2.05) is 0 Å². The van der Waals surface area contributed by atoms with Gasteiger partial charge >= 0.3 is 6.18 Å². The van der Waals surface area contributed by atoms with E-state index >= 15 is 0 Å². The van der Waals surface area contributed by atoms with Gasteiger partial charge in [0.1, 0.15) is 11.5 Å². The largest absolute Gasteiger partial charge is 0.457 e. The van der Waals surface area contributed by atoms with Crippen molar-refractivity contribution in [3.63, 3.8) is 0 Å². The van der Waals surface area contributed by atoms with Crippen LogP contribution < -0.4 is 9.47 Å². The van der Waals surface area contributed by atoms with Gasteiger partial charge < -0.3 is 9.47 Å². The highest BCUT2D eigenvalue weighted by Crippen LogP contribution is 2.39. The van der Waals surface area contributed by atoms with Crippen LogP contribution in [0.15, 0.2) is 24.8 Å². The van der Waals surface area contributed by atoms with Crippen LogP contribution in [0.1, 0.15) is 5.56 Å². The third kappa shape index (κ3) is 1.77. The predicted octanol–water partition coefficient (Wildman–Crippen LogP) is 2.99. The molecule has 5 heteroatoms. The van der Waals surface area contributed by atoms with Crippen molar-refractivity contribution in [3.8, 4) is 11.5 Å². The Labute approximate surface area is 83.9 Å². The van der Waals surface area contributed by atoms with Crippen LogP contribution in [0.5, 0.6) is 11.5 Å². The first-order valence-electron chi connectivity index (χ1n) is 4.14. The number of fused-ring (bicyclic) bond motifs is 2. The molecule has 0 aliphatic carbocycles. The normalized spacial score (nSPS) is 14.1. The summed E-state index contributed by atoms with van der Waals surface area (Å²) in [4.78, 5) is 0. The van der Waals surface area contributed by atoms with Crippen LogP contribution in [-0.4, -0.2) is 13.0 Å². The Kier molecular flexibility index (Phi) is 2.10. The molecule has 2 nitrogen and oxygen atoms in total. The fourth-order valence-corrected chi connectivity index (χ4v) is 1.27. The van der Waals surface area contributed by atoms with Crippen LogP contribution in [0.3, 0.4) is 0 Å². The zero-order valence-corrected chi connectivity index (χ0v) is 7.60. The van der Waals surface area contributed by atoms with E-state index in [1.165, 1.54) is 18.2 Å². The van der Waals surface area contributed by atoms with Crippen molar-refractivity contribution in [2.75, 3.05) is 6.79 Å². The highest BCUT2D eigenvalue weighted by Gasteiger charge is 2.35. The van der Waals surface area contributed by atoms with E-state index in [1.54, 1.807) is 0 Å². The Balaban J connectivity index is 2.42. The maximum absolute atomic E-state index is 12.4. The Bertz CT molecular complexity index is 410. The molecule has 0 N–H and O–H groups in total. The van der Waals surface area contributed by atoms with E-state index < -0.39 is 11.7 Å². The predicted molar refractivity (Wildman–Crippen MR) is 47.7 cm³/mol. The van der Waals surface area contributed by atoms with Crippen LogP contribution in [0.25, 0.3) is 5.57 Å². The molecule has 0 saturated carbocycles. The highest BCUT2D eigenvalue weighted by atomic mass is 19.4. The Hall–Kier alpha value is -1.65. The van der Waals surface area contributed by atoms with E-state index in [0.29, 0.717) is 5.75 Å². The zero-order chi connectivity index (χ0) is 11.1. The topological polar surface area (TPSA) is 18.5 Å². The average molecular weight is 216 g/mol. The summed E-state index contributed by atoms with van der Waals surface area (Å²) in [6, 6.07) is 4.16. The minimum Gasteiger partial charge on any atom is -0.457 e. The molecule has 0 aromatic heterocycles. The van der Waals surface area contributed by atoms with Gasteiger partial charge in [-0.1, -0.05) is 6.58 Å². The highest BCUT2D eigenvalue weighted by molar-refractivity contribution is 5.73. The molecular weight excluding hydrogens is 209 g/mol. The monoisotopic (exact) mass is 216 g/mol. The number of halogens is 3. The summed E-state index contributed by atoms with van der Waals surface area (Å²) in [5.74, 6) is 0.649. The van der Waals surface area contributed by atoms with Crippen LogP contribution in [0.2, 0.25) is 0 Å². The van der Waals surface area contributed by atoms with Gasteiger partial charge in [-0.2, -0.15) is 13.2 Å². The van der Waals surface area contributed by atoms with Gasteiger partial charge in [0.2, 0.25) is 6.79 Å². The van der Waals surface area contributed by atoms with Gasteiger partial charge in [-0.25, -0.2) is 0 Å². The second-order valence-electron chi connectivity index (χ2n) is 3.04. The first-order chi connectivity index (χ1) is 6.98. The molecule has 0 saturated heterocycles. The fraction of sp³-hybridized carbons (Fsp3) is 0.200. The first kappa shape index (κ1) is 9.89. The molecule has 0 radical (unpaired) electrons. The molecule has 0 amide bonds. The summed E-state index contributed by atoms with van der Waals surface area (Å²) in [6.45, 7) is 2.94. The standard InChI is InChI=1S/C10H7F3O2/c1-6(10(11,12)13)8-3-2-7-4-9(8)15-5-14-7/h2-4H,1,5H2. The van der Waals surface area contributed by atoms with Gasteiger partial charge in [0.15, 0.2) is 0 Å². The molecule has 1 aliphatic rings. The van der Waals surface area contributed by atoms with E-state index in [9.17, 15) is 13.2 Å². The first-order valence-corrected chi connectivity index (χ1v) is 4.14. The van der Waals surface area contributed by atoms with Gasteiger partial charge in [-0.15, -0.1) is 0 Å². The van der Waals surface area contributed by atoms with E-state index in [-0.39, 0.29) is 18.1 Å². The Morgan fingerprint density at radius 3 is 2.67 bits per heavy atom. The summed E-state index contributed by atoms with van der Waals surface area (Å²) in [7, 11) is 0. The fourth-order valence-electron chi connectivity index (χ4n) is 1.27. The molecule has 80 valence electrons. The number of alkyl halides is 3. The molecule has 15 heavy (non-hydrogen) atoms. The van der Waals surface area contributed by atoms with Crippen molar-refractivity contribution in [2.45, 2.75) is 6.18 Å². The van der Waals surface area contributed by atoms with Crippen molar-refractivity contribution in [2.24, 2.45) is 0 Å². The molecular formula is C10H7F3O2. The third-order valence-corrected chi connectivity index (χ3v) is 2.06. The van der Waals surface area contributed by atoms with Crippen LogP contribution in [0, 0.1) is 0 Å². The zero-order valence-electron chi connectivity index (χ0n) is 7.60. The van der Waals surface area contributed by atoms with Crippen LogP contribution in [0.4, 0.5) is 13.2 Å². The van der Waals surface area contributed by atoms with Gasteiger partial charge in [0, 0.05) is 11.6 Å². The molecule has 1 aliphatic heterocycles. The number of rotatable bonds is 1. The van der Waals surface area contributed by atoms with Crippen molar-refractivity contribution < 1.29 is 22.6 Å². The molecule has 1 heterocycles. The van der Waals surface area contributed by atoms with Crippen molar-refractivity contribution in [1.82, 2.24) is 0 Å². The molecule has 2 bridgehead atoms. The van der Waals surface area contributed by atoms with Gasteiger partial charge in [-0.3, -0.25) is 0 Å². The SMILES string of the molecule is C=C(c1ccc2cc1OCO2)C(F)(F)F. The second kappa shape index (κ2) is 3.18. The average Bonchev–Trinajstić information content (AvgIpc) is 2.16. The second-order valence-corrected chi connectivity index (χ2v) is 3.04. The number of hydrogen-bond donors (Lipinski definition) is 0. The molecule has 1 aromatic carbocycles. The smallest absolute Gasteiger partial charge is 0.416 e. The summed E-state index contributed by atoms with van der Waals surface area (Å²) >= 11 is 0. The summed E-state index contributed by atoms with van der Waals surface area (Å²) in [6.07, 6.45) is -4.44. The maximum atomic E-state index is 12.4. The minimum absolute atomic E-state index is 0.0467. The van der Waals surface area contributed by atoms with E-state index in [0.717, 1.165) is 0 Å². The van der Waals surface area contributed by atoms with E-state index in [4.69, 9.17) is 9.47 Å². The van der Waals surface area contributed by atoms with Crippen LogP contribution in [-0.2, 0) is 0 Å². The maximum Gasteiger partial charge on any atom is 0.416 e. The molecule has 0 unspecified atom stereocenters. The Morgan fingerprint density at radius 2 is 2.00 bits per heavy atom. The third-order valence-electron chi connectivity index (χ3n) is 2.06. The number of ether oxygens (including phenoxy) is 2. The lowest BCUT2D eigenvalue weighted by atomic mass is 10.1. The van der Waals surface area contributed by atoms with Crippen LogP contribution >= 0.6 is 0 Å². The van der Waals surface area contributed by atoms with Gasteiger partial charge in [-0.05, 0) is 12.1 Å².